The average molecular weight is 279 g/mol. The molecule has 0 spiro atoms. The van der Waals surface area contributed by atoms with Gasteiger partial charge in [-0.05, 0) is 18.2 Å². The molecule has 0 bridgehead atoms. The molecule has 0 aliphatic heterocycles. The van der Waals surface area contributed by atoms with Gasteiger partial charge in [-0.25, -0.2) is 10.8 Å². The van der Waals surface area contributed by atoms with E-state index in [9.17, 15) is 0 Å². The Morgan fingerprint density at radius 2 is 2.05 bits per heavy atom. The van der Waals surface area contributed by atoms with Gasteiger partial charge in [-0.1, -0.05) is 31.5 Å². The van der Waals surface area contributed by atoms with E-state index in [0.717, 1.165) is 0 Å². The van der Waals surface area contributed by atoms with E-state index < -0.39 is 0 Å². The summed E-state index contributed by atoms with van der Waals surface area (Å²) in [4.78, 5) is 8.59. The first-order valence-electron chi connectivity index (χ1n) is 5.87. The fourth-order valence-electron chi connectivity index (χ4n) is 1.48. The van der Waals surface area contributed by atoms with Crippen molar-refractivity contribution in [1.82, 2.24) is 9.97 Å². The molecule has 1 aromatic heterocycles. The normalized spacial score (nSPS) is 10.6. The minimum atomic E-state index is 0.176. The number of hydrogen-bond acceptors (Lipinski definition) is 5. The summed E-state index contributed by atoms with van der Waals surface area (Å²) in [5.41, 5.74) is 2.50. The van der Waals surface area contributed by atoms with Crippen LogP contribution in [0.4, 0.5) is 5.82 Å². The summed E-state index contributed by atoms with van der Waals surface area (Å²) in [7, 11) is 0. The zero-order valence-electron chi connectivity index (χ0n) is 10.7. The number of hydrazine groups is 1. The molecule has 0 amide bonds. The maximum Gasteiger partial charge on any atom is 0.224 e. The summed E-state index contributed by atoms with van der Waals surface area (Å²) in [6.45, 7) is 4.00. The van der Waals surface area contributed by atoms with Crippen LogP contribution in [0.25, 0.3) is 0 Å². The first kappa shape index (κ1) is 13.6. The van der Waals surface area contributed by atoms with Crippen LogP contribution in [0.5, 0.6) is 11.6 Å². The zero-order valence-corrected chi connectivity index (χ0v) is 11.5. The van der Waals surface area contributed by atoms with Gasteiger partial charge < -0.3 is 10.2 Å². The first-order chi connectivity index (χ1) is 9.08. The monoisotopic (exact) mass is 278 g/mol. The molecule has 3 N–H and O–H groups in total. The second kappa shape index (κ2) is 5.86. The lowest BCUT2D eigenvalue weighted by atomic mass is 10.2. The van der Waals surface area contributed by atoms with Crippen LogP contribution >= 0.6 is 11.6 Å². The molecule has 100 valence electrons. The van der Waals surface area contributed by atoms with E-state index in [0.29, 0.717) is 28.3 Å². The van der Waals surface area contributed by atoms with Crippen molar-refractivity contribution >= 4 is 17.4 Å². The molecule has 0 aliphatic carbocycles. The Labute approximate surface area is 116 Å². The summed E-state index contributed by atoms with van der Waals surface area (Å²) in [6, 6.07) is 8.74. The highest BCUT2D eigenvalue weighted by Crippen LogP contribution is 2.25. The van der Waals surface area contributed by atoms with Crippen LogP contribution in [-0.2, 0) is 0 Å². The molecular formula is C13H15ClN4O. The van der Waals surface area contributed by atoms with Crippen molar-refractivity contribution in [2.45, 2.75) is 19.8 Å². The molecule has 0 radical (unpaired) electrons. The predicted molar refractivity (Wildman–Crippen MR) is 75.5 cm³/mol. The van der Waals surface area contributed by atoms with Crippen LogP contribution in [0, 0.1) is 0 Å². The van der Waals surface area contributed by atoms with Gasteiger partial charge in [-0.15, -0.1) is 0 Å². The number of ether oxygens (including phenoxy) is 1. The number of nitrogens with one attached hydrogen (secondary N) is 1. The van der Waals surface area contributed by atoms with Gasteiger partial charge in [0, 0.05) is 17.0 Å². The lowest BCUT2D eigenvalue weighted by molar-refractivity contribution is 0.457. The Balaban J connectivity index is 2.31. The second-order valence-electron chi connectivity index (χ2n) is 4.31. The maximum atomic E-state index is 5.91. The largest absolute Gasteiger partial charge is 0.439 e. The summed E-state index contributed by atoms with van der Waals surface area (Å²) in [5, 5.41) is 0.604. The SMILES string of the molecule is CC(C)c1nc(NN)cc(Oc2cccc(Cl)c2)n1. The van der Waals surface area contributed by atoms with E-state index >= 15 is 0 Å². The Morgan fingerprint density at radius 3 is 2.68 bits per heavy atom. The lowest BCUT2D eigenvalue weighted by Gasteiger charge is -2.10. The van der Waals surface area contributed by atoms with Crippen LogP contribution in [0.3, 0.4) is 0 Å². The standard InChI is InChI=1S/C13H15ClN4O/c1-8(2)13-16-11(18-15)7-12(17-13)19-10-5-3-4-9(14)6-10/h3-8H,15H2,1-2H3,(H,16,17,18). The van der Waals surface area contributed by atoms with Crippen molar-refractivity contribution in [1.29, 1.82) is 0 Å². The van der Waals surface area contributed by atoms with Gasteiger partial charge in [0.1, 0.15) is 17.4 Å². The third-order valence-electron chi connectivity index (χ3n) is 2.40. The molecule has 2 rings (SSSR count). The van der Waals surface area contributed by atoms with Crippen molar-refractivity contribution in [3.63, 3.8) is 0 Å². The highest BCUT2D eigenvalue weighted by molar-refractivity contribution is 6.30. The molecule has 6 heteroatoms. The molecule has 0 saturated heterocycles. The smallest absolute Gasteiger partial charge is 0.224 e. The number of halogens is 1. The minimum Gasteiger partial charge on any atom is -0.439 e. The Morgan fingerprint density at radius 1 is 1.26 bits per heavy atom. The van der Waals surface area contributed by atoms with Crippen LogP contribution in [0.2, 0.25) is 5.02 Å². The number of aromatic nitrogens is 2. The summed E-state index contributed by atoms with van der Waals surface area (Å²) < 4.78 is 5.66. The number of benzene rings is 1. The molecule has 0 saturated carbocycles. The lowest BCUT2D eigenvalue weighted by Crippen LogP contribution is -2.11. The van der Waals surface area contributed by atoms with Crippen molar-refractivity contribution in [2.24, 2.45) is 5.84 Å². The summed E-state index contributed by atoms with van der Waals surface area (Å²) in [5.74, 6) is 7.77. The molecule has 0 aliphatic rings. The molecular weight excluding hydrogens is 264 g/mol. The van der Waals surface area contributed by atoms with Crippen LogP contribution in [-0.4, -0.2) is 9.97 Å². The first-order valence-corrected chi connectivity index (χ1v) is 6.25. The number of anilines is 1. The average Bonchev–Trinajstić information content (AvgIpc) is 2.38. The number of nitrogens with two attached hydrogens (primary N) is 1. The van der Waals surface area contributed by atoms with E-state index in [2.05, 4.69) is 15.4 Å². The topological polar surface area (TPSA) is 73.1 Å². The van der Waals surface area contributed by atoms with E-state index in [1.807, 2.05) is 19.9 Å². The third-order valence-corrected chi connectivity index (χ3v) is 2.64. The summed E-state index contributed by atoms with van der Waals surface area (Å²) in [6.07, 6.45) is 0. The second-order valence-corrected chi connectivity index (χ2v) is 4.74. The number of rotatable bonds is 4. The van der Waals surface area contributed by atoms with E-state index in [-0.39, 0.29) is 5.92 Å². The predicted octanol–water partition coefficient (Wildman–Crippen LogP) is 3.33. The Kier molecular flexibility index (Phi) is 4.19. The molecule has 0 atom stereocenters. The fraction of sp³-hybridized carbons (Fsp3) is 0.231. The third kappa shape index (κ3) is 3.56. The minimum absolute atomic E-state index is 0.176. The molecule has 1 heterocycles. The molecule has 5 nitrogen and oxygen atoms in total. The van der Waals surface area contributed by atoms with E-state index in [1.165, 1.54) is 0 Å². The molecule has 1 aromatic carbocycles. The van der Waals surface area contributed by atoms with Crippen molar-refractivity contribution in [2.75, 3.05) is 5.43 Å². The molecule has 2 aromatic rings. The fourth-order valence-corrected chi connectivity index (χ4v) is 1.66. The van der Waals surface area contributed by atoms with Gasteiger partial charge >= 0.3 is 0 Å². The van der Waals surface area contributed by atoms with E-state index in [4.69, 9.17) is 22.2 Å². The zero-order chi connectivity index (χ0) is 13.8. The Bertz CT molecular complexity index is 574. The highest BCUT2D eigenvalue weighted by atomic mass is 35.5. The highest BCUT2D eigenvalue weighted by Gasteiger charge is 2.09. The van der Waals surface area contributed by atoms with E-state index in [1.54, 1.807) is 24.3 Å². The van der Waals surface area contributed by atoms with Crippen LogP contribution in [0.15, 0.2) is 30.3 Å². The van der Waals surface area contributed by atoms with Crippen molar-refractivity contribution in [3.05, 3.63) is 41.2 Å². The Hall–Kier alpha value is -1.85. The van der Waals surface area contributed by atoms with Gasteiger partial charge in [0.05, 0.1) is 0 Å². The van der Waals surface area contributed by atoms with Crippen molar-refractivity contribution < 1.29 is 4.74 Å². The van der Waals surface area contributed by atoms with Gasteiger partial charge in [-0.3, -0.25) is 0 Å². The van der Waals surface area contributed by atoms with Gasteiger partial charge in [0.15, 0.2) is 0 Å². The molecule has 19 heavy (non-hydrogen) atoms. The van der Waals surface area contributed by atoms with Gasteiger partial charge in [-0.2, -0.15) is 4.98 Å². The number of hydrogen-bond donors (Lipinski definition) is 2. The molecule has 0 unspecified atom stereocenters. The maximum absolute atomic E-state index is 5.91. The van der Waals surface area contributed by atoms with Crippen LogP contribution in [0.1, 0.15) is 25.6 Å². The van der Waals surface area contributed by atoms with Crippen LogP contribution < -0.4 is 16.0 Å². The van der Waals surface area contributed by atoms with Gasteiger partial charge in [0.2, 0.25) is 5.88 Å². The molecule has 0 fully saturated rings. The number of nitrogen functional groups attached to an aromatic ring is 1. The number of nitrogens with zero attached hydrogens (tertiary/aromatic N) is 2. The quantitative estimate of drug-likeness (QED) is 0.663. The summed E-state index contributed by atoms with van der Waals surface area (Å²) >= 11 is 5.91. The van der Waals surface area contributed by atoms with Gasteiger partial charge in [0.25, 0.3) is 0 Å². The van der Waals surface area contributed by atoms with Crippen molar-refractivity contribution in [3.8, 4) is 11.6 Å².